The van der Waals surface area contributed by atoms with Gasteiger partial charge in [-0.25, -0.2) is 4.79 Å². The van der Waals surface area contributed by atoms with Gasteiger partial charge in [0.05, 0.1) is 16.5 Å². The van der Waals surface area contributed by atoms with E-state index in [1.165, 1.54) is 10.6 Å². The topological polar surface area (TPSA) is 90.4 Å². The monoisotopic (exact) mass is 420 g/mol. The number of nitrogens with zero attached hydrogens (tertiary/aromatic N) is 4. The minimum absolute atomic E-state index is 0.234. The van der Waals surface area contributed by atoms with Crippen LogP contribution in [0.1, 0.15) is 15.9 Å². The van der Waals surface area contributed by atoms with Crippen LogP contribution in [0.4, 0.5) is 0 Å². The minimum atomic E-state index is -0.550. The molecule has 27 heavy (non-hydrogen) atoms. The lowest BCUT2D eigenvalue weighted by Crippen LogP contribution is -2.10. The van der Waals surface area contributed by atoms with Gasteiger partial charge in [0, 0.05) is 15.4 Å². The van der Waals surface area contributed by atoms with Crippen molar-refractivity contribution in [2.45, 2.75) is 0 Å². The van der Waals surface area contributed by atoms with Crippen LogP contribution in [0.2, 0.25) is 0 Å². The number of halogens is 1. The summed E-state index contributed by atoms with van der Waals surface area (Å²) >= 11 is 3.35. The number of carbonyl (C=O) groups excluding carboxylic acids is 1. The number of fused-ring (bicyclic) bond motifs is 5. The summed E-state index contributed by atoms with van der Waals surface area (Å²) < 4.78 is 7.68. The van der Waals surface area contributed by atoms with Crippen molar-refractivity contribution in [3.8, 4) is 0 Å². The summed E-state index contributed by atoms with van der Waals surface area (Å²) in [6.45, 7) is 0. The molecule has 0 N–H and O–H groups in total. The number of tetrazole rings is 1. The average Bonchev–Trinajstić information content (AvgIpc) is 3.17. The van der Waals surface area contributed by atoms with Gasteiger partial charge in [-0.05, 0) is 52.9 Å². The summed E-state index contributed by atoms with van der Waals surface area (Å²) in [6.07, 6.45) is 0. The van der Waals surface area contributed by atoms with Crippen LogP contribution in [0.5, 0.6) is 0 Å². The highest BCUT2D eigenvalue weighted by atomic mass is 79.9. The third-order valence-corrected chi connectivity index (χ3v) is 4.91. The standard InChI is InChI=1S/C19H9BrN4O3/c20-11-7-5-10(6-8-11)17(25)14-9-13-16(24-18(14)21-22-23-24)12-3-1-2-4-15(12)27-19(13)26/h1-9H. The van der Waals surface area contributed by atoms with Crippen molar-refractivity contribution >= 4 is 49.2 Å². The molecule has 130 valence electrons. The van der Waals surface area contributed by atoms with Gasteiger partial charge in [-0.15, -0.1) is 5.10 Å². The first kappa shape index (κ1) is 15.8. The Morgan fingerprint density at radius 1 is 1.04 bits per heavy atom. The van der Waals surface area contributed by atoms with Gasteiger partial charge in [-0.2, -0.15) is 4.52 Å². The van der Waals surface area contributed by atoms with Crippen LogP contribution < -0.4 is 5.63 Å². The molecular formula is C19H9BrN4O3. The number of benzene rings is 2. The fourth-order valence-electron chi connectivity index (χ4n) is 3.14. The van der Waals surface area contributed by atoms with Crippen molar-refractivity contribution in [2.75, 3.05) is 0 Å². The number of pyridine rings is 1. The lowest BCUT2D eigenvalue weighted by Gasteiger charge is -2.07. The summed E-state index contributed by atoms with van der Waals surface area (Å²) in [4.78, 5) is 25.6. The maximum atomic E-state index is 13.0. The zero-order valence-electron chi connectivity index (χ0n) is 13.6. The van der Waals surface area contributed by atoms with Crippen LogP contribution in [0.3, 0.4) is 0 Å². The maximum absolute atomic E-state index is 13.0. The van der Waals surface area contributed by atoms with Gasteiger partial charge in [0.25, 0.3) is 0 Å². The molecule has 0 spiro atoms. The fourth-order valence-corrected chi connectivity index (χ4v) is 3.41. The Kier molecular flexibility index (Phi) is 3.41. The van der Waals surface area contributed by atoms with E-state index < -0.39 is 5.63 Å². The molecule has 0 atom stereocenters. The molecule has 0 saturated heterocycles. The van der Waals surface area contributed by atoms with E-state index in [2.05, 4.69) is 31.5 Å². The molecule has 5 rings (SSSR count). The molecule has 0 amide bonds. The molecule has 5 aromatic rings. The summed E-state index contributed by atoms with van der Waals surface area (Å²) in [5.41, 5.74) is 1.37. The Balaban J connectivity index is 1.89. The van der Waals surface area contributed by atoms with Crippen molar-refractivity contribution in [3.05, 3.63) is 80.6 Å². The number of hydrogen-bond acceptors (Lipinski definition) is 6. The van der Waals surface area contributed by atoms with Crippen LogP contribution in [0.25, 0.3) is 27.5 Å². The molecule has 0 unspecified atom stereocenters. The SMILES string of the molecule is O=C(c1ccc(Br)cc1)c1cc2c(=O)oc3ccccc3c2n2nnnc12. The highest BCUT2D eigenvalue weighted by molar-refractivity contribution is 9.10. The van der Waals surface area contributed by atoms with Crippen LogP contribution in [-0.2, 0) is 0 Å². The number of rotatable bonds is 2. The van der Waals surface area contributed by atoms with E-state index in [9.17, 15) is 9.59 Å². The fraction of sp³-hybridized carbons (Fsp3) is 0. The second-order valence-corrected chi connectivity index (χ2v) is 6.87. The van der Waals surface area contributed by atoms with Crippen LogP contribution >= 0.6 is 15.9 Å². The first-order valence-electron chi connectivity index (χ1n) is 8.00. The van der Waals surface area contributed by atoms with Gasteiger partial charge in [0.2, 0.25) is 0 Å². The number of aromatic nitrogens is 4. The number of carbonyl (C=O) groups is 1. The van der Waals surface area contributed by atoms with Gasteiger partial charge in [-0.1, -0.05) is 28.1 Å². The van der Waals surface area contributed by atoms with E-state index >= 15 is 0 Å². The lowest BCUT2D eigenvalue weighted by molar-refractivity contribution is 0.104. The normalized spacial score (nSPS) is 11.4. The number of ketones is 1. The molecule has 8 heteroatoms. The van der Waals surface area contributed by atoms with Crippen LogP contribution in [0.15, 0.2) is 68.3 Å². The molecular weight excluding hydrogens is 412 g/mol. The van der Waals surface area contributed by atoms with Gasteiger partial charge < -0.3 is 4.42 Å². The molecule has 3 heterocycles. The zero-order valence-corrected chi connectivity index (χ0v) is 15.2. The van der Waals surface area contributed by atoms with Gasteiger partial charge >= 0.3 is 5.63 Å². The van der Waals surface area contributed by atoms with Gasteiger partial charge in [0.1, 0.15) is 5.58 Å². The predicted molar refractivity (Wildman–Crippen MR) is 102 cm³/mol. The predicted octanol–water partition coefficient (Wildman–Crippen LogP) is 3.38. The van der Waals surface area contributed by atoms with E-state index in [0.717, 1.165) is 4.47 Å². The molecule has 0 saturated carbocycles. The van der Waals surface area contributed by atoms with Gasteiger partial charge in [-0.3, -0.25) is 4.79 Å². The van der Waals surface area contributed by atoms with Crippen molar-refractivity contribution in [3.63, 3.8) is 0 Å². The summed E-state index contributed by atoms with van der Waals surface area (Å²) in [5.74, 6) is -0.281. The van der Waals surface area contributed by atoms with Gasteiger partial charge in [0.15, 0.2) is 11.4 Å². The Bertz CT molecular complexity index is 1420. The second-order valence-electron chi connectivity index (χ2n) is 5.96. The molecule has 0 bridgehead atoms. The Morgan fingerprint density at radius 2 is 1.81 bits per heavy atom. The summed E-state index contributed by atoms with van der Waals surface area (Å²) in [6, 6.07) is 15.6. The van der Waals surface area contributed by atoms with Crippen molar-refractivity contribution < 1.29 is 9.21 Å². The van der Waals surface area contributed by atoms with Crippen molar-refractivity contribution in [2.24, 2.45) is 0 Å². The van der Waals surface area contributed by atoms with E-state index in [-0.39, 0.29) is 22.4 Å². The third-order valence-electron chi connectivity index (χ3n) is 4.38. The number of para-hydroxylation sites is 1. The molecule has 3 aromatic heterocycles. The molecule has 0 radical (unpaired) electrons. The molecule has 0 fully saturated rings. The van der Waals surface area contributed by atoms with E-state index in [4.69, 9.17) is 4.42 Å². The molecule has 2 aromatic carbocycles. The minimum Gasteiger partial charge on any atom is -0.422 e. The summed E-state index contributed by atoms with van der Waals surface area (Å²) in [7, 11) is 0. The van der Waals surface area contributed by atoms with E-state index in [1.807, 2.05) is 12.1 Å². The van der Waals surface area contributed by atoms with Crippen molar-refractivity contribution in [1.29, 1.82) is 0 Å². The Hall–Kier alpha value is -3.39. The Labute approximate surface area is 159 Å². The second kappa shape index (κ2) is 5.82. The first-order chi connectivity index (χ1) is 13.1. The van der Waals surface area contributed by atoms with Crippen molar-refractivity contribution in [1.82, 2.24) is 20.0 Å². The Morgan fingerprint density at radius 3 is 2.63 bits per heavy atom. The smallest absolute Gasteiger partial charge is 0.345 e. The molecule has 7 nitrogen and oxygen atoms in total. The zero-order chi connectivity index (χ0) is 18.5. The lowest BCUT2D eigenvalue weighted by atomic mass is 10.0. The third kappa shape index (κ3) is 2.37. The highest BCUT2D eigenvalue weighted by Crippen LogP contribution is 2.26. The van der Waals surface area contributed by atoms with E-state index in [0.29, 0.717) is 22.0 Å². The van der Waals surface area contributed by atoms with E-state index in [1.54, 1.807) is 36.4 Å². The highest BCUT2D eigenvalue weighted by Gasteiger charge is 2.21. The summed E-state index contributed by atoms with van der Waals surface area (Å²) in [5, 5.41) is 12.7. The molecule has 0 aliphatic heterocycles. The quantitative estimate of drug-likeness (QED) is 0.247. The van der Waals surface area contributed by atoms with Crippen LogP contribution in [-0.4, -0.2) is 25.8 Å². The average molecular weight is 421 g/mol. The maximum Gasteiger partial charge on any atom is 0.345 e. The molecule has 0 aliphatic carbocycles. The number of hydrogen-bond donors (Lipinski definition) is 0. The largest absolute Gasteiger partial charge is 0.422 e. The van der Waals surface area contributed by atoms with Crippen LogP contribution in [0, 0.1) is 0 Å². The first-order valence-corrected chi connectivity index (χ1v) is 8.80. The molecule has 0 aliphatic rings.